The second-order valence-electron chi connectivity index (χ2n) is 12.0. The highest BCUT2D eigenvalue weighted by atomic mass is 32.2. The van der Waals surface area contributed by atoms with Crippen LogP contribution in [0.5, 0.6) is 0 Å². The largest absolute Gasteiger partial charge is 0.481 e. The summed E-state index contributed by atoms with van der Waals surface area (Å²) in [6.45, 7) is 7.25. The summed E-state index contributed by atoms with van der Waals surface area (Å²) in [6.07, 6.45) is 5.05. The summed E-state index contributed by atoms with van der Waals surface area (Å²) >= 11 is 3.25. The molecule has 1 aromatic carbocycles. The van der Waals surface area contributed by atoms with Crippen LogP contribution in [-0.4, -0.2) is 98.9 Å². The Balaban J connectivity index is 0.000000900. The molecule has 0 aromatic heterocycles. The highest BCUT2D eigenvalue weighted by molar-refractivity contribution is 7.99. The molecule has 252 valence electrons. The van der Waals surface area contributed by atoms with Crippen LogP contribution in [0.1, 0.15) is 64.9 Å². The molecule has 0 radical (unpaired) electrons. The smallest absolute Gasteiger partial charge is 0.411 e. The lowest BCUT2D eigenvalue weighted by Crippen LogP contribution is -2.55. The number of carboxylic acids is 2. The number of rotatable bonds is 14. The Hall–Kier alpha value is -2.97. The van der Waals surface area contributed by atoms with E-state index < -0.39 is 42.1 Å². The lowest BCUT2D eigenvalue weighted by Gasteiger charge is -2.28. The molecule has 2 atom stereocenters. The van der Waals surface area contributed by atoms with Gasteiger partial charge >= 0.3 is 18.0 Å². The van der Waals surface area contributed by atoms with E-state index in [0.29, 0.717) is 36.4 Å². The number of hydrogen-bond donors (Lipinski definition) is 5. The van der Waals surface area contributed by atoms with Crippen LogP contribution in [0.15, 0.2) is 30.3 Å². The monoisotopic (exact) mass is 668 g/mol. The van der Waals surface area contributed by atoms with Crippen LogP contribution < -0.4 is 16.0 Å². The van der Waals surface area contributed by atoms with Gasteiger partial charge in [0.2, 0.25) is 11.8 Å². The molecule has 0 bridgehead atoms. The zero-order valence-electron chi connectivity index (χ0n) is 26.4. The van der Waals surface area contributed by atoms with E-state index in [4.69, 9.17) is 14.9 Å². The number of ether oxygens (including phenoxy) is 1. The quantitative estimate of drug-likeness (QED) is 0.145. The van der Waals surface area contributed by atoms with Crippen molar-refractivity contribution in [3.05, 3.63) is 35.9 Å². The highest BCUT2D eigenvalue weighted by Gasteiger charge is 2.38. The van der Waals surface area contributed by atoms with Crippen molar-refractivity contribution in [2.24, 2.45) is 5.92 Å². The average Bonchev–Trinajstić information content (AvgIpc) is 3.47. The van der Waals surface area contributed by atoms with Gasteiger partial charge in [-0.25, -0.2) is 4.79 Å². The fourth-order valence-electron chi connectivity index (χ4n) is 4.67. The molecule has 1 aromatic rings. The van der Waals surface area contributed by atoms with Gasteiger partial charge < -0.3 is 30.9 Å². The molecule has 1 saturated heterocycles. The van der Waals surface area contributed by atoms with Crippen LogP contribution in [0.3, 0.4) is 0 Å². The molecule has 2 aliphatic rings. The van der Waals surface area contributed by atoms with E-state index in [1.807, 2.05) is 39.0 Å². The Morgan fingerprint density at radius 2 is 1.69 bits per heavy atom. The van der Waals surface area contributed by atoms with Crippen LogP contribution in [0.4, 0.5) is 4.79 Å². The van der Waals surface area contributed by atoms with Crippen molar-refractivity contribution >= 4 is 53.4 Å². The minimum atomic E-state index is -1.31. The average molecular weight is 669 g/mol. The summed E-state index contributed by atoms with van der Waals surface area (Å²) in [5.41, 5.74) is 0.546. The van der Waals surface area contributed by atoms with E-state index in [1.165, 1.54) is 54.3 Å². The molecular formula is C31H48N4O8S2. The Labute approximate surface area is 274 Å². The predicted molar refractivity (Wildman–Crippen MR) is 176 cm³/mol. The number of carbonyl (C=O) groups is 5. The summed E-state index contributed by atoms with van der Waals surface area (Å²) in [5.74, 6) is -0.0404. The van der Waals surface area contributed by atoms with Crippen LogP contribution in [0, 0.1) is 5.92 Å². The predicted octanol–water partition coefficient (Wildman–Crippen LogP) is 3.55. The van der Waals surface area contributed by atoms with Crippen molar-refractivity contribution in [3.63, 3.8) is 0 Å². The summed E-state index contributed by atoms with van der Waals surface area (Å²) < 4.78 is 5.50. The summed E-state index contributed by atoms with van der Waals surface area (Å²) in [5, 5.41) is 24.7. The molecule has 5 N–H and O–H groups in total. The Kier molecular flexibility index (Phi) is 17.2. The van der Waals surface area contributed by atoms with E-state index in [1.54, 1.807) is 11.8 Å². The Morgan fingerprint density at radius 1 is 1.02 bits per heavy atom. The highest BCUT2D eigenvalue weighted by Crippen LogP contribution is 2.27. The van der Waals surface area contributed by atoms with Gasteiger partial charge in [0.05, 0.1) is 5.88 Å². The van der Waals surface area contributed by atoms with Gasteiger partial charge in [-0.1, -0.05) is 49.6 Å². The Bertz CT molecular complexity index is 1080. The fourth-order valence-corrected chi connectivity index (χ4v) is 7.09. The number of hydrogen-bond acceptors (Lipinski definition) is 9. The molecule has 12 nitrogen and oxygen atoms in total. The maximum Gasteiger partial charge on any atom is 0.411 e. The second-order valence-corrected chi connectivity index (χ2v) is 14.1. The molecule has 45 heavy (non-hydrogen) atoms. The molecule has 1 heterocycles. The van der Waals surface area contributed by atoms with Gasteiger partial charge in [-0.2, -0.15) is 11.8 Å². The molecule has 0 spiro atoms. The fraction of sp³-hybridized carbons (Fsp3) is 0.645. The van der Waals surface area contributed by atoms with Crippen molar-refractivity contribution in [2.75, 3.05) is 36.2 Å². The van der Waals surface area contributed by atoms with E-state index in [0.717, 1.165) is 12.3 Å². The number of carbonyl (C=O) groups excluding carboxylic acids is 3. The first kappa shape index (κ1) is 38.2. The van der Waals surface area contributed by atoms with Crippen molar-refractivity contribution in [1.29, 1.82) is 0 Å². The number of aliphatic carboxylic acids is 2. The van der Waals surface area contributed by atoms with E-state index in [2.05, 4.69) is 28.1 Å². The first-order chi connectivity index (χ1) is 21.4. The van der Waals surface area contributed by atoms with Crippen LogP contribution in [-0.2, 0) is 30.5 Å². The molecule has 1 saturated carbocycles. The lowest BCUT2D eigenvalue weighted by atomic mass is 9.91. The van der Waals surface area contributed by atoms with Gasteiger partial charge in [-0.15, -0.1) is 11.8 Å². The number of nitrogens with one attached hydrogen (secondary N) is 3. The van der Waals surface area contributed by atoms with Crippen molar-refractivity contribution in [2.45, 2.75) is 83.5 Å². The van der Waals surface area contributed by atoms with Crippen molar-refractivity contribution < 1.29 is 38.9 Å². The molecule has 2 fully saturated rings. The molecule has 3 amide bonds. The SMILES string of the molecule is CC(C)(C)OC(=O)N1CSC[C@H]1C(=O)N[C@@H](CSCC1CCCCC1)C(=O)NCCNCc1ccccc1.O=C(O)CC(=O)O. The van der Waals surface area contributed by atoms with Gasteiger partial charge in [-0.05, 0) is 50.8 Å². The number of carboxylic acid groups (broad SMARTS) is 2. The summed E-state index contributed by atoms with van der Waals surface area (Å²) in [6, 6.07) is 8.80. The maximum absolute atomic E-state index is 13.3. The molecule has 3 rings (SSSR count). The third-order valence-electron chi connectivity index (χ3n) is 6.88. The van der Waals surface area contributed by atoms with E-state index >= 15 is 0 Å². The van der Waals surface area contributed by atoms with Gasteiger partial charge in [0.15, 0.2) is 0 Å². The van der Waals surface area contributed by atoms with Crippen molar-refractivity contribution in [3.8, 4) is 0 Å². The molecule has 14 heteroatoms. The minimum absolute atomic E-state index is 0.189. The maximum atomic E-state index is 13.3. The van der Waals surface area contributed by atoms with Crippen LogP contribution in [0.2, 0.25) is 0 Å². The van der Waals surface area contributed by atoms with Gasteiger partial charge in [-0.3, -0.25) is 24.1 Å². The zero-order chi connectivity index (χ0) is 33.2. The van der Waals surface area contributed by atoms with Gasteiger partial charge in [0, 0.05) is 31.1 Å². The molecular weight excluding hydrogens is 620 g/mol. The summed E-state index contributed by atoms with van der Waals surface area (Å²) in [4.78, 5) is 59.4. The number of benzene rings is 1. The van der Waals surface area contributed by atoms with Crippen LogP contribution in [0.25, 0.3) is 0 Å². The lowest BCUT2D eigenvalue weighted by molar-refractivity contribution is -0.147. The number of thioether (sulfide) groups is 2. The summed E-state index contributed by atoms with van der Waals surface area (Å²) in [7, 11) is 0. The minimum Gasteiger partial charge on any atom is -0.481 e. The third-order valence-corrected chi connectivity index (χ3v) is 9.17. The normalized spacial score (nSPS) is 17.4. The molecule has 0 unspecified atom stereocenters. The molecule has 1 aliphatic heterocycles. The number of amides is 3. The number of nitrogens with zero attached hydrogens (tertiary/aromatic N) is 1. The second kappa shape index (κ2) is 20.2. The zero-order valence-corrected chi connectivity index (χ0v) is 28.1. The topological polar surface area (TPSA) is 174 Å². The van der Waals surface area contributed by atoms with E-state index in [9.17, 15) is 24.0 Å². The standard InChI is InChI=1S/C28H44N4O4S2.C3H4O4/c1-28(2,3)36-27(35)32-20-38-19-24(32)26(34)31-23(18-37-17-22-12-8-5-9-13-22)25(33)30-15-14-29-16-21-10-6-4-7-11-21;4-2(5)1-3(6)7/h4,6-7,10-11,22-24,29H,5,8-9,12-20H2,1-3H3,(H,30,33)(H,31,34);1H2,(H,4,5)(H,6,7)/t23-,24-;/m0./s1. The molecule has 1 aliphatic carbocycles. The van der Waals surface area contributed by atoms with E-state index in [-0.39, 0.29) is 11.8 Å². The first-order valence-electron chi connectivity index (χ1n) is 15.3. The van der Waals surface area contributed by atoms with Crippen LogP contribution >= 0.6 is 23.5 Å². The first-order valence-corrected chi connectivity index (χ1v) is 17.6. The van der Waals surface area contributed by atoms with Crippen molar-refractivity contribution in [1.82, 2.24) is 20.9 Å². The van der Waals surface area contributed by atoms with Gasteiger partial charge in [0.25, 0.3) is 0 Å². The van der Waals surface area contributed by atoms with Gasteiger partial charge in [0.1, 0.15) is 24.1 Å². The Morgan fingerprint density at radius 3 is 2.29 bits per heavy atom. The third kappa shape index (κ3) is 16.2.